The first-order valence-corrected chi connectivity index (χ1v) is 16.7. The molecule has 0 bridgehead atoms. The molecular formula is C32H42ClN3O4S. The van der Waals surface area contributed by atoms with Gasteiger partial charge in [0, 0.05) is 50.7 Å². The minimum atomic E-state index is -3.24. The maximum Gasteiger partial charge on any atom is 0.229 e. The number of carbonyl (C=O) groups excluding carboxylic acids is 2. The molecule has 0 aromatic heterocycles. The minimum Gasteiger partial charge on any atom is -0.338 e. The van der Waals surface area contributed by atoms with Crippen LogP contribution in [0.15, 0.2) is 59.5 Å². The van der Waals surface area contributed by atoms with Gasteiger partial charge in [-0.2, -0.15) is 0 Å². The third-order valence-corrected chi connectivity index (χ3v) is 11.0. The first-order chi connectivity index (χ1) is 19.2. The molecule has 0 radical (unpaired) electrons. The Bertz CT molecular complexity index is 1340. The smallest absolute Gasteiger partial charge is 0.229 e. The zero-order valence-electron chi connectivity index (χ0n) is 23.8. The number of ketones is 1. The zero-order valence-corrected chi connectivity index (χ0v) is 25.5. The van der Waals surface area contributed by atoms with E-state index in [-0.39, 0.29) is 35.7 Å². The van der Waals surface area contributed by atoms with E-state index in [9.17, 15) is 18.0 Å². The number of halogens is 1. The van der Waals surface area contributed by atoms with Crippen molar-refractivity contribution in [2.75, 3.05) is 39.0 Å². The van der Waals surface area contributed by atoms with Crippen LogP contribution in [0.3, 0.4) is 0 Å². The average Bonchev–Trinajstić information content (AvgIpc) is 3.55. The van der Waals surface area contributed by atoms with Gasteiger partial charge in [-0.25, -0.2) is 8.42 Å². The molecule has 4 fully saturated rings. The van der Waals surface area contributed by atoms with Crippen LogP contribution in [0.5, 0.6) is 0 Å². The number of Topliss-reactive ketones (excluding diaryl/α,β-unsaturated/α-hetero) is 1. The normalized spacial score (nSPS) is 25.3. The summed E-state index contributed by atoms with van der Waals surface area (Å²) in [5.41, 5.74) is 1.91. The van der Waals surface area contributed by atoms with E-state index in [1.807, 2.05) is 23.1 Å². The van der Waals surface area contributed by atoms with Crippen molar-refractivity contribution in [2.45, 2.75) is 61.9 Å². The SMILES string of the molecule is CS(=O)(=O)c1ccc(CN2CCC3(CCN(C(C(=O)CC4CC4)[C@@H]4CNC[C@@H]4c4ccccc4)CC3)C2=O)cc1.Cl. The van der Waals surface area contributed by atoms with E-state index in [0.717, 1.165) is 57.5 Å². The third-order valence-electron chi connectivity index (χ3n) is 9.89. The monoisotopic (exact) mass is 599 g/mol. The summed E-state index contributed by atoms with van der Waals surface area (Å²) in [5, 5.41) is 3.59. The average molecular weight is 600 g/mol. The molecule has 3 aliphatic heterocycles. The summed E-state index contributed by atoms with van der Waals surface area (Å²) < 4.78 is 23.6. The molecular weight excluding hydrogens is 558 g/mol. The lowest BCUT2D eigenvalue weighted by atomic mass is 9.74. The van der Waals surface area contributed by atoms with Crippen LogP contribution < -0.4 is 5.32 Å². The van der Waals surface area contributed by atoms with Crippen LogP contribution in [0.1, 0.15) is 55.6 Å². The molecule has 3 saturated heterocycles. The number of carbonyl (C=O) groups is 2. The first-order valence-electron chi connectivity index (χ1n) is 14.8. The molecule has 6 rings (SSSR count). The molecule has 9 heteroatoms. The number of amides is 1. The number of hydrogen-bond donors (Lipinski definition) is 1. The Morgan fingerprint density at radius 1 is 0.976 bits per heavy atom. The number of nitrogens with zero attached hydrogens (tertiary/aromatic N) is 2. The van der Waals surface area contributed by atoms with Crippen molar-refractivity contribution in [3.8, 4) is 0 Å². The van der Waals surface area contributed by atoms with E-state index >= 15 is 0 Å². The van der Waals surface area contributed by atoms with Gasteiger partial charge in [-0.3, -0.25) is 14.5 Å². The maximum absolute atomic E-state index is 13.8. The number of likely N-dealkylation sites (tertiary alicyclic amines) is 2. The van der Waals surface area contributed by atoms with Crippen LogP contribution in [0, 0.1) is 17.3 Å². The zero-order chi connectivity index (χ0) is 27.9. The standard InChI is InChI=1S/C32H41N3O4S.ClH/c1-40(38,39)26-11-9-24(10-12-26)22-35-18-15-32(31(35)37)13-16-34(17-14-32)30(29(36)19-23-7-8-23)28-21-33-20-27(28)25-5-3-2-4-6-25;/h2-6,9-12,23,27-28,30,33H,7-8,13-22H2,1H3;1H/t27-,28-,30?;/m1./s1. The van der Waals surface area contributed by atoms with E-state index in [2.05, 4.69) is 34.5 Å². The number of nitrogens with one attached hydrogen (secondary N) is 1. The largest absolute Gasteiger partial charge is 0.338 e. The molecule has 7 nitrogen and oxygen atoms in total. The minimum absolute atomic E-state index is 0. The summed E-state index contributed by atoms with van der Waals surface area (Å²) in [6.45, 7) is 4.54. The van der Waals surface area contributed by atoms with E-state index in [1.54, 1.807) is 12.1 Å². The second-order valence-electron chi connectivity index (χ2n) is 12.6. The quantitative estimate of drug-likeness (QED) is 0.468. The van der Waals surface area contributed by atoms with Gasteiger partial charge in [0.1, 0.15) is 0 Å². The summed E-state index contributed by atoms with van der Waals surface area (Å²) in [6.07, 6.45) is 6.67. The second kappa shape index (κ2) is 12.2. The molecule has 1 saturated carbocycles. The lowest BCUT2D eigenvalue weighted by Gasteiger charge is -2.44. The molecule has 1 amide bonds. The Kier molecular flexibility index (Phi) is 8.95. The fourth-order valence-electron chi connectivity index (χ4n) is 7.34. The predicted octanol–water partition coefficient (Wildman–Crippen LogP) is 4.07. The Morgan fingerprint density at radius 2 is 1.63 bits per heavy atom. The van der Waals surface area contributed by atoms with Crippen molar-refractivity contribution in [1.29, 1.82) is 0 Å². The fourth-order valence-corrected chi connectivity index (χ4v) is 7.97. The lowest BCUT2D eigenvalue weighted by molar-refractivity contribution is -0.140. The number of piperidine rings is 1. The Morgan fingerprint density at radius 3 is 2.27 bits per heavy atom. The molecule has 3 atom stereocenters. The highest BCUT2D eigenvalue weighted by molar-refractivity contribution is 7.90. The molecule has 1 unspecified atom stereocenters. The van der Waals surface area contributed by atoms with Gasteiger partial charge in [0.15, 0.2) is 15.6 Å². The number of hydrogen-bond acceptors (Lipinski definition) is 6. The van der Waals surface area contributed by atoms with Crippen molar-refractivity contribution < 1.29 is 18.0 Å². The van der Waals surface area contributed by atoms with Gasteiger partial charge < -0.3 is 10.2 Å². The Balaban J connectivity index is 0.00000337. The maximum atomic E-state index is 13.8. The summed E-state index contributed by atoms with van der Waals surface area (Å²) in [5.74, 6) is 1.73. The highest BCUT2D eigenvalue weighted by Crippen LogP contribution is 2.44. The molecule has 1 N–H and O–H groups in total. The van der Waals surface area contributed by atoms with E-state index in [1.165, 1.54) is 24.7 Å². The fraction of sp³-hybridized carbons (Fsp3) is 0.562. The van der Waals surface area contributed by atoms with Gasteiger partial charge >= 0.3 is 0 Å². The van der Waals surface area contributed by atoms with Gasteiger partial charge in [0.2, 0.25) is 5.91 Å². The van der Waals surface area contributed by atoms with E-state index < -0.39 is 9.84 Å². The van der Waals surface area contributed by atoms with Gasteiger partial charge in [-0.1, -0.05) is 42.5 Å². The highest BCUT2D eigenvalue weighted by atomic mass is 35.5. The lowest BCUT2D eigenvalue weighted by Crippen LogP contribution is -2.54. The van der Waals surface area contributed by atoms with Gasteiger partial charge in [0.25, 0.3) is 0 Å². The predicted molar refractivity (Wildman–Crippen MR) is 162 cm³/mol. The molecule has 1 aliphatic carbocycles. The molecule has 4 aliphatic rings. The third kappa shape index (κ3) is 6.41. The molecule has 2 aromatic carbocycles. The highest BCUT2D eigenvalue weighted by Gasteiger charge is 2.51. The Labute approximate surface area is 250 Å². The molecule has 3 heterocycles. The van der Waals surface area contributed by atoms with Crippen molar-refractivity contribution in [1.82, 2.24) is 15.1 Å². The van der Waals surface area contributed by atoms with Crippen LogP contribution in [0.2, 0.25) is 0 Å². The van der Waals surface area contributed by atoms with Crippen LogP contribution in [-0.4, -0.2) is 74.9 Å². The molecule has 222 valence electrons. The van der Waals surface area contributed by atoms with Crippen molar-refractivity contribution in [2.24, 2.45) is 17.3 Å². The van der Waals surface area contributed by atoms with Crippen LogP contribution in [0.25, 0.3) is 0 Å². The summed E-state index contributed by atoms with van der Waals surface area (Å²) in [6, 6.07) is 17.4. The van der Waals surface area contributed by atoms with Crippen LogP contribution in [-0.2, 0) is 26.0 Å². The molecule has 1 spiro atoms. The van der Waals surface area contributed by atoms with Gasteiger partial charge in [-0.05, 0) is 74.4 Å². The van der Waals surface area contributed by atoms with Gasteiger partial charge in [0.05, 0.1) is 16.4 Å². The van der Waals surface area contributed by atoms with Crippen molar-refractivity contribution >= 4 is 33.9 Å². The van der Waals surface area contributed by atoms with Crippen molar-refractivity contribution in [3.05, 3.63) is 65.7 Å². The number of sulfone groups is 1. The molecule has 41 heavy (non-hydrogen) atoms. The summed E-state index contributed by atoms with van der Waals surface area (Å²) >= 11 is 0. The Hall–Kier alpha value is -2.26. The van der Waals surface area contributed by atoms with Gasteiger partial charge in [-0.15, -0.1) is 12.4 Å². The van der Waals surface area contributed by atoms with Crippen LogP contribution in [0.4, 0.5) is 0 Å². The summed E-state index contributed by atoms with van der Waals surface area (Å²) in [4.78, 5) is 32.2. The van der Waals surface area contributed by atoms with Crippen LogP contribution >= 0.6 is 12.4 Å². The van der Waals surface area contributed by atoms with E-state index in [0.29, 0.717) is 35.5 Å². The summed E-state index contributed by atoms with van der Waals surface area (Å²) in [7, 11) is -3.24. The first kappa shape index (κ1) is 30.2. The number of rotatable bonds is 9. The van der Waals surface area contributed by atoms with Crippen molar-refractivity contribution in [3.63, 3.8) is 0 Å². The number of benzene rings is 2. The van der Waals surface area contributed by atoms with E-state index in [4.69, 9.17) is 0 Å². The molecule has 2 aromatic rings. The topological polar surface area (TPSA) is 86.8 Å². The second-order valence-corrected chi connectivity index (χ2v) is 14.6.